The lowest BCUT2D eigenvalue weighted by atomic mass is 10.2. The molecular weight excluding hydrogens is 375 g/mol. The summed E-state index contributed by atoms with van der Waals surface area (Å²) in [5.41, 5.74) is 0.935. The average molecular weight is 391 g/mol. The van der Waals surface area contributed by atoms with Gasteiger partial charge in [0.1, 0.15) is 5.69 Å². The second kappa shape index (κ2) is 8.25. The predicted octanol–water partition coefficient (Wildman–Crippen LogP) is 4.17. The molecule has 134 valence electrons. The molecule has 1 heterocycles. The summed E-state index contributed by atoms with van der Waals surface area (Å²) < 4.78 is 12.0. The van der Waals surface area contributed by atoms with Gasteiger partial charge in [-0.15, -0.1) is 0 Å². The van der Waals surface area contributed by atoms with Crippen LogP contribution in [0.25, 0.3) is 5.69 Å². The Bertz CT molecular complexity index is 938. The summed E-state index contributed by atoms with van der Waals surface area (Å²) >= 11 is 12.3. The molecule has 0 saturated heterocycles. The van der Waals surface area contributed by atoms with Gasteiger partial charge in [-0.1, -0.05) is 59.6 Å². The molecule has 0 saturated carbocycles. The highest BCUT2D eigenvalue weighted by atomic mass is 35.5. The van der Waals surface area contributed by atoms with Crippen molar-refractivity contribution in [1.29, 1.82) is 0 Å². The van der Waals surface area contributed by atoms with Gasteiger partial charge in [0.25, 0.3) is 0 Å². The molecule has 3 aromatic rings. The Labute approximate surface area is 160 Å². The molecule has 0 spiro atoms. The van der Waals surface area contributed by atoms with Gasteiger partial charge in [0, 0.05) is 6.42 Å². The minimum absolute atomic E-state index is 0.0454. The van der Waals surface area contributed by atoms with Crippen LogP contribution in [0.1, 0.15) is 5.56 Å². The fourth-order valence-electron chi connectivity index (χ4n) is 2.49. The van der Waals surface area contributed by atoms with Crippen molar-refractivity contribution >= 4 is 23.2 Å². The number of benzene rings is 2. The van der Waals surface area contributed by atoms with Crippen molar-refractivity contribution < 1.29 is 9.47 Å². The third-order valence-electron chi connectivity index (χ3n) is 3.75. The SMILES string of the molecule is COc1c(OCCc2ccccc2)cnn(-c2c(Cl)cccc2Cl)c1=O. The van der Waals surface area contributed by atoms with Crippen molar-refractivity contribution in [2.45, 2.75) is 6.42 Å². The molecule has 5 nitrogen and oxygen atoms in total. The van der Waals surface area contributed by atoms with E-state index in [1.165, 1.54) is 13.3 Å². The molecule has 0 bridgehead atoms. The molecule has 0 aliphatic carbocycles. The zero-order chi connectivity index (χ0) is 18.5. The minimum Gasteiger partial charge on any atom is -0.488 e. The van der Waals surface area contributed by atoms with E-state index < -0.39 is 5.56 Å². The normalized spacial score (nSPS) is 10.6. The van der Waals surface area contributed by atoms with Crippen molar-refractivity contribution in [2.75, 3.05) is 13.7 Å². The highest BCUT2D eigenvalue weighted by molar-refractivity contribution is 6.37. The Kier molecular flexibility index (Phi) is 5.81. The molecule has 0 amide bonds. The van der Waals surface area contributed by atoms with Crippen molar-refractivity contribution in [3.05, 3.63) is 80.7 Å². The molecule has 0 aliphatic heterocycles. The van der Waals surface area contributed by atoms with Gasteiger partial charge < -0.3 is 9.47 Å². The zero-order valence-electron chi connectivity index (χ0n) is 14.0. The number of rotatable bonds is 6. The first kappa shape index (κ1) is 18.3. The second-order valence-corrected chi connectivity index (χ2v) is 6.23. The summed E-state index contributed by atoms with van der Waals surface area (Å²) in [7, 11) is 1.40. The lowest BCUT2D eigenvalue weighted by Gasteiger charge is -2.13. The number of hydrogen-bond donors (Lipinski definition) is 0. The summed E-state index contributed by atoms with van der Waals surface area (Å²) in [5.74, 6) is 0.317. The van der Waals surface area contributed by atoms with E-state index in [0.717, 1.165) is 10.2 Å². The highest BCUT2D eigenvalue weighted by Crippen LogP contribution is 2.28. The van der Waals surface area contributed by atoms with E-state index >= 15 is 0 Å². The van der Waals surface area contributed by atoms with Gasteiger partial charge in [0.2, 0.25) is 5.75 Å². The number of halogens is 2. The van der Waals surface area contributed by atoms with Crippen LogP contribution in [0.15, 0.2) is 59.5 Å². The lowest BCUT2D eigenvalue weighted by molar-refractivity contribution is 0.291. The number of ether oxygens (including phenoxy) is 2. The first-order valence-electron chi connectivity index (χ1n) is 7.89. The third-order valence-corrected chi connectivity index (χ3v) is 4.36. The van der Waals surface area contributed by atoms with E-state index in [4.69, 9.17) is 32.7 Å². The van der Waals surface area contributed by atoms with Crippen LogP contribution in [0, 0.1) is 0 Å². The molecule has 2 aromatic carbocycles. The smallest absolute Gasteiger partial charge is 0.317 e. The van der Waals surface area contributed by atoms with E-state index in [0.29, 0.717) is 28.8 Å². The van der Waals surface area contributed by atoms with Crippen molar-refractivity contribution in [2.24, 2.45) is 0 Å². The standard InChI is InChI=1S/C19H16Cl2N2O3/c1-25-18-16(26-11-10-13-6-3-2-4-7-13)12-22-23(19(18)24)17-14(20)8-5-9-15(17)21/h2-9,12H,10-11H2,1H3. The summed E-state index contributed by atoms with van der Waals surface area (Å²) in [6, 6.07) is 14.9. The van der Waals surface area contributed by atoms with Gasteiger partial charge in [0.15, 0.2) is 5.75 Å². The molecule has 0 N–H and O–H groups in total. The molecule has 1 aromatic heterocycles. The first-order valence-corrected chi connectivity index (χ1v) is 8.65. The zero-order valence-corrected chi connectivity index (χ0v) is 15.5. The Hall–Kier alpha value is -2.50. The molecule has 0 radical (unpaired) electrons. The van der Waals surface area contributed by atoms with Crippen LogP contribution >= 0.6 is 23.2 Å². The topological polar surface area (TPSA) is 53.4 Å². The molecule has 0 fully saturated rings. The van der Waals surface area contributed by atoms with Crippen molar-refractivity contribution in [3.63, 3.8) is 0 Å². The summed E-state index contributed by atoms with van der Waals surface area (Å²) in [4.78, 5) is 12.7. The van der Waals surface area contributed by atoms with E-state index in [9.17, 15) is 4.79 Å². The molecule has 26 heavy (non-hydrogen) atoms. The van der Waals surface area contributed by atoms with Crippen LogP contribution < -0.4 is 15.0 Å². The maximum Gasteiger partial charge on any atom is 0.317 e. The molecule has 0 unspecified atom stereocenters. The Balaban J connectivity index is 1.87. The number of aromatic nitrogens is 2. The Morgan fingerprint density at radius 3 is 2.38 bits per heavy atom. The van der Waals surface area contributed by atoms with E-state index in [-0.39, 0.29) is 11.5 Å². The molecule has 0 atom stereocenters. The maximum absolute atomic E-state index is 12.7. The van der Waals surface area contributed by atoms with E-state index in [1.807, 2.05) is 30.3 Å². The van der Waals surface area contributed by atoms with Crippen LogP contribution in [0.2, 0.25) is 10.0 Å². The van der Waals surface area contributed by atoms with Gasteiger partial charge in [-0.25, -0.2) is 0 Å². The summed E-state index contributed by atoms with van der Waals surface area (Å²) in [6.45, 7) is 0.387. The number of nitrogens with zero attached hydrogens (tertiary/aromatic N) is 2. The summed E-state index contributed by atoms with van der Waals surface area (Å²) in [6.07, 6.45) is 2.12. The molecular formula is C19H16Cl2N2O3. The van der Waals surface area contributed by atoms with Crippen LogP contribution in [0.4, 0.5) is 0 Å². The van der Waals surface area contributed by atoms with Crippen molar-refractivity contribution in [3.8, 4) is 17.2 Å². The quantitative estimate of drug-likeness (QED) is 0.633. The number of hydrogen-bond acceptors (Lipinski definition) is 4. The largest absolute Gasteiger partial charge is 0.488 e. The van der Waals surface area contributed by atoms with Gasteiger partial charge in [-0.3, -0.25) is 4.79 Å². The maximum atomic E-state index is 12.7. The van der Waals surface area contributed by atoms with Gasteiger partial charge in [-0.05, 0) is 17.7 Å². The van der Waals surface area contributed by atoms with E-state index in [1.54, 1.807) is 18.2 Å². The summed E-state index contributed by atoms with van der Waals surface area (Å²) in [5, 5.41) is 4.76. The van der Waals surface area contributed by atoms with Crippen molar-refractivity contribution in [1.82, 2.24) is 9.78 Å². The van der Waals surface area contributed by atoms with Crippen LogP contribution in [-0.4, -0.2) is 23.5 Å². The Morgan fingerprint density at radius 1 is 1.04 bits per heavy atom. The number of methoxy groups -OCH3 is 1. The van der Waals surface area contributed by atoms with Crippen LogP contribution in [0.3, 0.4) is 0 Å². The average Bonchev–Trinajstić information content (AvgIpc) is 2.64. The van der Waals surface area contributed by atoms with Gasteiger partial charge in [-0.2, -0.15) is 9.78 Å². The first-order chi connectivity index (χ1) is 12.6. The highest BCUT2D eigenvalue weighted by Gasteiger charge is 2.18. The monoisotopic (exact) mass is 390 g/mol. The second-order valence-electron chi connectivity index (χ2n) is 5.41. The fraction of sp³-hybridized carbons (Fsp3) is 0.158. The molecule has 3 rings (SSSR count). The molecule has 0 aliphatic rings. The van der Waals surface area contributed by atoms with Gasteiger partial charge >= 0.3 is 5.56 Å². The fourth-order valence-corrected chi connectivity index (χ4v) is 3.05. The number of para-hydroxylation sites is 1. The van der Waals surface area contributed by atoms with Crippen LogP contribution in [-0.2, 0) is 6.42 Å². The van der Waals surface area contributed by atoms with E-state index in [2.05, 4.69) is 5.10 Å². The van der Waals surface area contributed by atoms with Crippen LogP contribution in [0.5, 0.6) is 11.5 Å². The lowest BCUT2D eigenvalue weighted by Crippen LogP contribution is -2.24. The predicted molar refractivity (Wildman–Crippen MR) is 102 cm³/mol. The third kappa shape index (κ3) is 3.84. The van der Waals surface area contributed by atoms with Gasteiger partial charge in [0.05, 0.1) is 30.0 Å². The minimum atomic E-state index is -0.500. The molecule has 7 heteroatoms. The Morgan fingerprint density at radius 2 is 1.73 bits per heavy atom.